The molecule has 1 saturated carbocycles. The maximum absolute atomic E-state index is 12.5. The standard InChI is InChI=1S/C18H32O4Si/c1-11(2)23(12(3)4,13(5)6)22-14(7)18(17(19)20-8)15-9-10-21-16(15)18/h11-13,15-16H,7,9-10H2,1-6,8H3. The molecule has 23 heavy (non-hydrogen) atoms. The molecule has 2 fully saturated rings. The van der Waals surface area contributed by atoms with Crippen LogP contribution >= 0.6 is 0 Å². The van der Waals surface area contributed by atoms with Crippen LogP contribution in [-0.2, 0) is 18.7 Å². The first-order valence-electron chi connectivity index (χ1n) is 8.75. The number of carbonyl (C=O) groups is 1. The fourth-order valence-electron chi connectivity index (χ4n) is 4.94. The van der Waals surface area contributed by atoms with Crippen LogP contribution in [0.1, 0.15) is 48.0 Å². The largest absolute Gasteiger partial charge is 0.545 e. The second-order valence-electron chi connectivity index (χ2n) is 7.89. The Balaban J connectivity index is 2.33. The molecular weight excluding hydrogens is 308 g/mol. The lowest BCUT2D eigenvalue weighted by Crippen LogP contribution is -2.49. The van der Waals surface area contributed by atoms with Crippen molar-refractivity contribution in [2.24, 2.45) is 11.3 Å². The van der Waals surface area contributed by atoms with Crippen LogP contribution in [0.5, 0.6) is 0 Å². The van der Waals surface area contributed by atoms with Crippen molar-refractivity contribution in [3.8, 4) is 0 Å². The average molecular weight is 341 g/mol. The number of methoxy groups -OCH3 is 1. The third-order valence-corrected chi connectivity index (χ3v) is 12.0. The highest BCUT2D eigenvalue weighted by Crippen LogP contribution is 2.65. The fourth-order valence-corrected chi connectivity index (χ4v) is 10.2. The highest BCUT2D eigenvalue weighted by atomic mass is 28.4. The van der Waals surface area contributed by atoms with Crippen LogP contribution in [0.2, 0.25) is 16.6 Å². The van der Waals surface area contributed by atoms with Crippen LogP contribution < -0.4 is 0 Å². The van der Waals surface area contributed by atoms with Gasteiger partial charge in [0.2, 0.25) is 0 Å². The monoisotopic (exact) mass is 340 g/mol. The van der Waals surface area contributed by atoms with Crippen LogP contribution in [0, 0.1) is 11.3 Å². The molecule has 132 valence electrons. The van der Waals surface area contributed by atoms with Gasteiger partial charge in [-0.1, -0.05) is 48.1 Å². The van der Waals surface area contributed by atoms with Gasteiger partial charge in [-0.3, -0.25) is 4.79 Å². The minimum Gasteiger partial charge on any atom is -0.545 e. The van der Waals surface area contributed by atoms with Gasteiger partial charge in [-0.2, -0.15) is 0 Å². The molecule has 0 aromatic heterocycles. The molecule has 1 aliphatic carbocycles. The molecule has 0 amide bonds. The van der Waals surface area contributed by atoms with Crippen molar-refractivity contribution in [2.75, 3.05) is 13.7 Å². The number of fused-ring (bicyclic) bond motifs is 1. The van der Waals surface area contributed by atoms with E-state index in [0.29, 0.717) is 29.0 Å². The molecule has 0 N–H and O–H groups in total. The molecule has 0 radical (unpaired) electrons. The lowest BCUT2D eigenvalue weighted by Gasteiger charge is -2.44. The summed E-state index contributed by atoms with van der Waals surface area (Å²) in [6.45, 7) is 18.3. The van der Waals surface area contributed by atoms with E-state index < -0.39 is 13.7 Å². The van der Waals surface area contributed by atoms with Crippen molar-refractivity contribution in [2.45, 2.75) is 70.7 Å². The van der Waals surface area contributed by atoms with E-state index in [2.05, 4.69) is 48.1 Å². The molecule has 1 heterocycles. The van der Waals surface area contributed by atoms with E-state index in [9.17, 15) is 4.79 Å². The van der Waals surface area contributed by atoms with Gasteiger partial charge in [0.25, 0.3) is 8.32 Å². The molecule has 2 rings (SSSR count). The molecule has 0 aromatic carbocycles. The van der Waals surface area contributed by atoms with Crippen molar-refractivity contribution < 1.29 is 18.7 Å². The van der Waals surface area contributed by atoms with Crippen molar-refractivity contribution >= 4 is 14.3 Å². The summed E-state index contributed by atoms with van der Waals surface area (Å²) in [7, 11) is -0.696. The number of ether oxygens (including phenoxy) is 2. The van der Waals surface area contributed by atoms with E-state index >= 15 is 0 Å². The SMILES string of the molecule is C=C(O[Si](C(C)C)(C(C)C)C(C)C)C1(C(=O)OC)C2CCOC21. The van der Waals surface area contributed by atoms with E-state index in [1.807, 2.05) is 0 Å². The zero-order valence-electron chi connectivity index (χ0n) is 15.6. The Morgan fingerprint density at radius 1 is 1.17 bits per heavy atom. The summed E-state index contributed by atoms with van der Waals surface area (Å²) in [4.78, 5) is 12.5. The number of hydrogen-bond donors (Lipinski definition) is 0. The molecule has 1 saturated heterocycles. The lowest BCUT2D eigenvalue weighted by atomic mass is 9.99. The van der Waals surface area contributed by atoms with Crippen LogP contribution in [0.3, 0.4) is 0 Å². The van der Waals surface area contributed by atoms with Crippen LogP contribution in [0.4, 0.5) is 0 Å². The van der Waals surface area contributed by atoms with Crippen molar-refractivity contribution in [1.29, 1.82) is 0 Å². The van der Waals surface area contributed by atoms with E-state index in [1.54, 1.807) is 0 Å². The number of esters is 1. The Morgan fingerprint density at radius 3 is 2.04 bits per heavy atom. The topological polar surface area (TPSA) is 44.8 Å². The summed E-state index contributed by atoms with van der Waals surface area (Å²) < 4.78 is 17.5. The Labute approximate surface area is 141 Å². The Bertz CT molecular complexity index is 452. The molecule has 0 spiro atoms. The van der Waals surface area contributed by atoms with Gasteiger partial charge in [-0.15, -0.1) is 0 Å². The zero-order valence-corrected chi connectivity index (χ0v) is 16.6. The van der Waals surface area contributed by atoms with Crippen LogP contribution in [0.15, 0.2) is 12.3 Å². The lowest BCUT2D eigenvalue weighted by molar-refractivity contribution is -0.149. The molecule has 1 aliphatic heterocycles. The highest BCUT2D eigenvalue weighted by Gasteiger charge is 2.76. The number of hydrogen-bond acceptors (Lipinski definition) is 4. The molecule has 4 nitrogen and oxygen atoms in total. The molecule has 3 atom stereocenters. The number of carbonyl (C=O) groups excluding carboxylic acids is 1. The van der Waals surface area contributed by atoms with E-state index in [-0.39, 0.29) is 18.0 Å². The zero-order chi connectivity index (χ0) is 17.6. The summed E-state index contributed by atoms with van der Waals surface area (Å²) in [5, 5.41) is 0. The van der Waals surface area contributed by atoms with Gasteiger partial charge < -0.3 is 13.9 Å². The Kier molecular flexibility index (Phi) is 5.03. The van der Waals surface area contributed by atoms with Crippen LogP contribution in [0.25, 0.3) is 0 Å². The normalized spacial score (nSPS) is 29.8. The summed E-state index contributed by atoms with van der Waals surface area (Å²) in [6.07, 6.45) is 0.766. The van der Waals surface area contributed by atoms with Crippen molar-refractivity contribution in [1.82, 2.24) is 0 Å². The van der Waals surface area contributed by atoms with E-state index in [0.717, 1.165) is 6.42 Å². The first-order chi connectivity index (χ1) is 10.7. The quantitative estimate of drug-likeness (QED) is 0.394. The maximum Gasteiger partial charge on any atom is 0.322 e. The van der Waals surface area contributed by atoms with Gasteiger partial charge in [0.15, 0.2) is 5.41 Å². The van der Waals surface area contributed by atoms with Gasteiger partial charge in [0, 0.05) is 12.5 Å². The predicted molar refractivity (Wildman–Crippen MR) is 93.6 cm³/mol. The molecule has 0 bridgehead atoms. The summed E-state index contributed by atoms with van der Waals surface area (Å²) in [5.41, 5.74) is 0.541. The first kappa shape index (κ1) is 18.5. The van der Waals surface area contributed by atoms with Gasteiger partial charge in [-0.05, 0) is 23.0 Å². The smallest absolute Gasteiger partial charge is 0.322 e. The summed E-state index contributed by atoms with van der Waals surface area (Å²) in [5.74, 6) is 0.499. The van der Waals surface area contributed by atoms with Crippen LogP contribution in [-0.4, -0.2) is 34.1 Å². The summed E-state index contributed by atoms with van der Waals surface area (Å²) in [6, 6.07) is 0. The number of rotatable bonds is 7. The van der Waals surface area contributed by atoms with Gasteiger partial charge in [-0.25, -0.2) is 0 Å². The molecule has 0 aromatic rings. The van der Waals surface area contributed by atoms with Gasteiger partial charge in [0.1, 0.15) is 0 Å². The first-order valence-corrected chi connectivity index (χ1v) is 10.9. The molecule has 2 aliphatic rings. The minimum atomic E-state index is -2.13. The van der Waals surface area contributed by atoms with E-state index in [4.69, 9.17) is 13.9 Å². The van der Waals surface area contributed by atoms with Crippen molar-refractivity contribution in [3.63, 3.8) is 0 Å². The second-order valence-corrected chi connectivity index (χ2v) is 13.3. The van der Waals surface area contributed by atoms with Gasteiger partial charge in [0.05, 0.1) is 19.0 Å². The van der Waals surface area contributed by atoms with Gasteiger partial charge >= 0.3 is 5.97 Å². The Morgan fingerprint density at radius 2 is 1.70 bits per heavy atom. The second kappa shape index (κ2) is 6.24. The van der Waals surface area contributed by atoms with Crippen molar-refractivity contribution in [3.05, 3.63) is 12.3 Å². The fraction of sp³-hybridized carbons (Fsp3) is 0.833. The minimum absolute atomic E-state index is 0.111. The average Bonchev–Trinajstić information content (AvgIpc) is 2.85. The Hall–Kier alpha value is -0.813. The van der Waals surface area contributed by atoms with E-state index in [1.165, 1.54) is 7.11 Å². The highest BCUT2D eigenvalue weighted by molar-refractivity contribution is 6.77. The third kappa shape index (κ3) is 2.47. The molecule has 3 unspecified atom stereocenters. The summed E-state index contributed by atoms with van der Waals surface area (Å²) >= 11 is 0. The predicted octanol–water partition coefficient (Wildman–Crippen LogP) is 4.27. The molecular formula is C18H32O4Si. The third-order valence-electron chi connectivity index (χ3n) is 6.01. The molecule has 5 heteroatoms. The maximum atomic E-state index is 12.5.